The summed E-state index contributed by atoms with van der Waals surface area (Å²) >= 11 is 0. The Morgan fingerprint density at radius 1 is 1.06 bits per heavy atom. The van der Waals surface area contributed by atoms with Gasteiger partial charge in [0.25, 0.3) is 5.89 Å². The van der Waals surface area contributed by atoms with Gasteiger partial charge in [0.2, 0.25) is 5.82 Å². The van der Waals surface area contributed by atoms with E-state index >= 15 is 0 Å². The van der Waals surface area contributed by atoms with Crippen LogP contribution in [0.3, 0.4) is 0 Å². The average molecular weight is 439 g/mol. The molecular formula is C25H30N2O5. The van der Waals surface area contributed by atoms with E-state index in [1.807, 2.05) is 38.1 Å². The van der Waals surface area contributed by atoms with Crippen LogP contribution >= 0.6 is 0 Å². The van der Waals surface area contributed by atoms with Crippen molar-refractivity contribution in [2.45, 2.75) is 65.3 Å². The molecule has 0 fully saturated rings. The normalized spacial score (nSPS) is 12.7. The SMILES string of the molecule is CC(C)OC(Cc1ccc(OCc2noc(-c3ccc(C(C)(C)C)cc3)n2)cc1)C(=O)O. The molecule has 1 N–H and O–H groups in total. The van der Waals surface area contributed by atoms with Gasteiger partial charge in [-0.15, -0.1) is 0 Å². The fourth-order valence-electron chi connectivity index (χ4n) is 3.15. The summed E-state index contributed by atoms with van der Waals surface area (Å²) in [7, 11) is 0. The Hall–Kier alpha value is -3.19. The van der Waals surface area contributed by atoms with E-state index in [2.05, 4.69) is 43.0 Å². The third-order valence-electron chi connectivity index (χ3n) is 4.89. The highest BCUT2D eigenvalue weighted by molar-refractivity contribution is 5.72. The first-order valence-electron chi connectivity index (χ1n) is 10.7. The van der Waals surface area contributed by atoms with E-state index in [9.17, 15) is 9.90 Å². The van der Waals surface area contributed by atoms with Crippen LogP contribution in [-0.4, -0.2) is 33.4 Å². The number of hydrogen-bond acceptors (Lipinski definition) is 6. The zero-order valence-electron chi connectivity index (χ0n) is 19.2. The highest BCUT2D eigenvalue weighted by atomic mass is 16.5. The van der Waals surface area contributed by atoms with Crippen LogP contribution in [0, 0.1) is 0 Å². The Morgan fingerprint density at radius 2 is 1.72 bits per heavy atom. The van der Waals surface area contributed by atoms with Crippen LogP contribution < -0.4 is 4.74 Å². The Kier molecular flexibility index (Phi) is 7.30. The molecule has 0 aliphatic rings. The maximum atomic E-state index is 11.4. The fourth-order valence-corrected chi connectivity index (χ4v) is 3.15. The number of carbonyl (C=O) groups is 1. The highest BCUT2D eigenvalue weighted by Gasteiger charge is 2.20. The van der Waals surface area contributed by atoms with Gasteiger partial charge in [0.05, 0.1) is 6.10 Å². The molecule has 1 aromatic heterocycles. The van der Waals surface area contributed by atoms with Crippen molar-refractivity contribution >= 4 is 5.97 Å². The molecule has 0 spiro atoms. The zero-order chi connectivity index (χ0) is 23.3. The van der Waals surface area contributed by atoms with E-state index in [4.69, 9.17) is 14.0 Å². The zero-order valence-corrected chi connectivity index (χ0v) is 19.2. The van der Waals surface area contributed by atoms with Crippen molar-refractivity contribution in [3.8, 4) is 17.2 Å². The maximum Gasteiger partial charge on any atom is 0.333 e. The molecule has 7 heteroatoms. The molecule has 0 amide bonds. The second kappa shape index (κ2) is 9.96. The molecule has 3 aromatic rings. The van der Waals surface area contributed by atoms with Crippen LogP contribution in [0.2, 0.25) is 0 Å². The van der Waals surface area contributed by atoms with E-state index < -0.39 is 12.1 Å². The predicted octanol–water partition coefficient (Wildman–Crippen LogP) is 5.03. The molecule has 3 rings (SSSR count). The molecule has 1 unspecified atom stereocenters. The molecule has 170 valence electrons. The van der Waals surface area contributed by atoms with Gasteiger partial charge in [0, 0.05) is 12.0 Å². The van der Waals surface area contributed by atoms with E-state index in [0.29, 0.717) is 17.5 Å². The maximum absolute atomic E-state index is 11.4. The number of ether oxygens (including phenoxy) is 2. The summed E-state index contributed by atoms with van der Waals surface area (Å²) in [6.07, 6.45) is -0.748. The van der Waals surface area contributed by atoms with E-state index in [0.717, 1.165) is 11.1 Å². The van der Waals surface area contributed by atoms with Gasteiger partial charge in [-0.25, -0.2) is 4.79 Å². The topological polar surface area (TPSA) is 94.7 Å². The molecule has 0 saturated heterocycles. The number of rotatable bonds is 9. The summed E-state index contributed by atoms with van der Waals surface area (Å²) in [6.45, 7) is 10.3. The molecule has 1 atom stereocenters. The van der Waals surface area contributed by atoms with E-state index in [-0.39, 0.29) is 24.5 Å². The quantitative estimate of drug-likeness (QED) is 0.500. The van der Waals surface area contributed by atoms with Crippen LogP contribution in [0.15, 0.2) is 53.1 Å². The average Bonchev–Trinajstić information content (AvgIpc) is 3.21. The van der Waals surface area contributed by atoms with Crippen molar-refractivity contribution in [2.24, 2.45) is 0 Å². The monoisotopic (exact) mass is 438 g/mol. The summed E-state index contributed by atoms with van der Waals surface area (Å²) in [5, 5.41) is 13.3. The highest BCUT2D eigenvalue weighted by Crippen LogP contribution is 2.25. The first-order valence-corrected chi connectivity index (χ1v) is 10.7. The summed E-state index contributed by atoms with van der Waals surface area (Å²) in [5.41, 5.74) is 3.03. The smallest absolute Gasteiger partial charge is 0.333 e. The number of carboxylic acids is 1. The van der Waals surface area contributed by atoms with Crippen molar-refractivity contribution in [2.75, 3.05) is 0 Å². The lowest BCUT2D eigenvalue weighted by molar-refractivity contribution is -0.153. The minimum absolute atomic E-state index is 0.0813. The van der Waals surface area contributed by atoms with Crippen molar-refractivity contribution in [1.82, 2.24) is 10.1 Å². The number of carboxylic acid groups (broad SMARTS) is 1. The lowest BCUT2D eigenvalue weighted by atomic mass is 9.87. The van der Waals surface area contributed by atoms with Gasteiger partial charge in [0.1, 0.15) is 5.75 Å². The molecule has 0 bridgehead atoms. The van der Waals surface area contributed by atoms with Gasteiger partial charge >= 0.3 is 5.97 Å². The molecule has 0 radical (unpaired) electrons. The van der Waals surface area contributed by atoms with Gasteiger partial charge in [0.15, 0.2) is 12.7 Å². The Morgan fingerprint density at radius 3 is 2.28 bits per heavy atom. The van der Waals surface area contributed by atoms with Crippen LogP contribution in [0.25, 0.3) is 11.5 Å². The molecule has 0 aliphatic heterocycles. The van der Waals surface area contributed by atoms with Crippen molar-refractivity contribution < 1.29 is 23.9 Å². The Balaban J connectivity index is 1.57. The molecule has 32 heavy (non-hydrogen) atoms. The van der Waals surface area contributed by atoms with Gasteiger partial charge in [-0.3, -0.25) is 0 Å². The van der Waals surface area contributed by atoms with Crippen molar-refractivity contribution in [3.05, 3.63) is 65.5 Å². The molecule has 0 aliphatic carbocycles. The van der Waals surface area contributed by atoms with Gasteiger partial charge in [-0.05, 0) is 54.7 Å². The number of benzene rings is 2. The largest absolute Gasteiger partial charge is 0.485 e. The van der Waals surface area contributed by atoms with Crippen LogP contribution in [0.4, 0.5) is 0 Å². The first-order chi connectivity index (χ1) is 15.1. The molecular weight excluding hydrogens is 408 g/mol. The third kappa shape index (κ3) is 6.40. The van der Waals surface area contributed by atoms with Crippen LogP contribution in [0.1, 0.15) is 51.6 Å². The van der Waals surface area contributed by atoms with Crippen LogP contribution in [0.5, 0.6) is 5.75 Å². The molecule has 1 heterocycles. The molecule has 2 aromatic carbocycles. The lowest BCUT2D eigenvalue weighted by Crippen LogP contribution is -2.29. The second-order valence-electron chi connectivity index (χ2n) is 8.99. The van der Waals surface area contributed by atoms with Crippen molar-refractivity contribution in [1.29, 1.82) is 0 Å². The third-order valence-corrected chi connectivity index (χ3v) is 4.89. The summed E-state index contributed by atoms with van der Waals surface area (Å²) in [6, 6.07) is 15.3. The van der Waals surface area contributed by atoms with E-state index in [1.165, 1.54) is 5.56 Å². The number of aromatic nitrogens is 2. The number of hydrogen-bond donors (Lipinski definition) is 1. The first kappa shape index (κ1) is 23.5. The summed E-state index contributed by atoms with van der Waals surface area (Å²) in [5.74, 6) is 0.552. The number of nitrogens with zero attached hydrogens (tertiary/aromatic N) is 2. The minimum Gasteiger partial charge on any atom is -0.485 e. The minimum atomic E-state index is -0.972. The summed E-state index contributed by atoms with van der Waals surface area (Å²) < 4.78 is 16.6. The van der Waals surface area contributed by atoms with Gasteiger partial charge < -0.3 is 19.1 Å². The second-order valence-corrected chi connectivity index (χ2v) is 8.99. The molecule has 0 saturated carbocycles. The molecule has 7 nitrogen and oxygen atoms in total. The Labute approximate surface area is 188 Å². The lowest BCUT2D eigenvalue weighted by Gasteiger charge is -2.18. The van der Waals surface area contributed by atoms with Gasteiger partial charge in [-0.2, -0.15) is 4.98 Å². The fraction of sp³-hybridized carbons (Fsp3) is 0.400. The summed E-state index contributed by atoms with van der Waals surface area (Å²) in [4.78, 5) is 15.8. The predicted molar refractivity (Wildman–Crippen MR) is 121 cm³/mol. The number of aliphatic carboxylic acids is 1. The Bertz CT molecular complexity index is 1020. The van der Waals surface area contributed by atoms with Gasteiger partial charge in [-0.1, -0.05) is 50.2 Å². The standard InChI is InChI=1S/C25H30N2O5/c1-16(2)31-21(24(28)29)14-17-6-12-20(13-7-17)30-15-22-26-23(32-27-22)18-8-10-19(11-9-18)25(3,4)5/h6-13,16,21H,14-15H2,1-5H3,(H,28,29). The van der Waals surface area contributed by atoms with Crippen molar-refractivity contribution in [3.63, 3.8) is 0 Å². The van der Waals surface area contributed by atoms with Crippen LogP contribution in [-0.2, 0) is 28.0 Å². The van der Waals surface area contributed by atoms with E-state index in [1.54, 1.807) is 12.1 Å².